The number of benzene rings is 2. The smallest absolute Gasteiger partial charge is 0.291 e. The molecule has 43 heavy (non-hydrogen) atoms. The van der Waals surface area contributed by atoms with Gasteiger partial charge in [-0.2, -0.15) is 0 Å². The molecule has 3 aliphatic rings. The fraction of sp³-hybridized carbons (Fsp3) is 0.367. The Morgan fingerprint density at radius 3 is 2.63 bits per heavy atom. The van der Waals surface area contributed by atoms with Crippen LogP contribution in [0.1, 0.15) is 28.2 Å². The first-order valence-corrected chi connectivity index (χ1v) is 14.9. The van der Waals surface area contributed by atoms with Crippen LogP contribution in [0.4, 0.5) is 5.69 Å². The summed E-state index contributed by atoms with van der Waals surface area (Å²) in [7, 11) is 1.69. The number of hydrogen-bond acceptors (Lipinski definition) is 8. The van der Waals surface area contributed by atoms with Gasteiger partial charge in [-0.3, -0.25) is 24.4 Å². The first-order valence-electron chi connectivity index (χ1n) is 14.2. The van der Waals surface area contributed by atoms with Gasteiger partial charge in [-0.25, -0.2) is 9.67 Å². The molecule has 0 radical (unpaired) electrons. The van der Waals surface area contributed by atoms with Crippen LogP contribution in [0.5, 0.6) is 5.75 Å². The lowest BCUT2D eigenvalue weighted by Crippen LogP contribution is -2.49. The summed E-state index contributed by atoms with van der Waals surface area (Å²) in [4.78, 5) is 41.2. The van der Waals surface area contributed by atoms with E-state index in [-0.39, 0.29) is 24.9 Å². The van der Waals surface area contributed by atoms with E-state index in [0.717, 1.165) is 44.7 Å². The average molecular weight is 624 g/mol. The molecule has 13 heteroatoms. The molecule has 1 aromatic heterocycles. The van der Waals surface area contributed by atoms with E-state index < -0.39 is 11.9 Å². The van der Waals surface area contributed by atoms with Crippen molar-refractivity contribution >= 4 is 46.9 Å². The van der Waals surface area contributed by atoms with Crippen LogP contribution < -0.4 is 15.0 Å². The van der Waals surface area contributed by atoms with E-state index in [1.165, 1.54) is 15.9 Å². The third-order valence-corrected chi connectivity index (χ3v) is 8.68. The highest BCUT2D eigenvalue weighted by Crippen LogP contribution is 2.32. The number of likely N-dealkylation sites (N-methyl/N-ethyl adjacent to an activating group) is 1. The van der Waals surface area contributed by atoms with Crippen molar-refractivity contribution < 1.29 is 14.3 Å². The molecule has 0 saturated carbocycles. The number of nitrogens with zero attached hydrogens (tertiary/aromatic N) is 7. The second-order valence-electron chi connectivity index (χ2n) is 10.8. The first-order chi connectivity index (χ1) is 20.9. The molecule has 0 spiro atoms. The Labute approximate surface area is 259 Å². The number of amides is 2. The highest BCUT2D eigenvalue weighted by molar-refractivity contribution is 6.36. The summed E-state index contributed by atoms with van der Waals surface area (Å²) in [5.41, 5.74) is 2.43. The highest BCUT2D eigenvalue weighted by atomic mass is 35.5. The van der Waals surface area contributed by atoms with Gasteiger partial charge in [0.25, 0.3) is 11.8 Å². The van der Waals surface area contributed by atoms with Crippen LogP contribution in [-0.4, -0.2) is 94.5 Å². The SMILES string of the molecule is CN1C(=O)C(NC(=O)c2ncn(Cc3c(Cl)cccc3Cl)n2)COc2ccc(CN3CCN(C4C=CN=CC4)CC3)cc21. The monoisotopic (exact) mass is 622 g/mol. The Bertz CT molecular complexity index is 1550. The van der Waals surface area contributed by atoms with Crippen LogP contribution in [-0.2, 0) is 17.9 Å². The van der Waals surface area contributed by atoms with Crippen molar-refractivity contribution in [3.63, 3.8) is 0 Å². The van der Waals surface area contributed by atoms with Gasteiger partial charge in [-0.1, -0.05) is 35.3 Å². The van der Waals surface area contributed by atoms with Crippen LogP contribution in [0.2, 0.25) is 10.0 Å². The van der Waals surface area contributed by atoms with Crippen LogP contribution >= 0.6 is 23.2 Å². The van der Waals surface area contributed by atoms with Crippen LogP contribution in [0.15, 0.2) is 60.0 Å². The van der Waals surface area contributed by atoms with E-state index in [0.29, 0.717) is 33.1 Å². The number of nitrogens with one attached hydrogen (secondary N) is 1. The Hall–Kier alpha value is -3.77. The van der Waals surface area contributed by atoms with E-state index in [9.17, 15) is 9.59 Å². The molecule has 2 amide bonds. The summed E-state index contributed by atoms with van der Waals surface area (Å²) >= 11 is 12.5. The number of piperazine rings is 1. The third kappa shape index (κ3) is 6.59. The lowest BCUT2D eigenvalue weighted by Gasteiger charge is -2.38. The van der Waals surface area contributed by atoms with Crippen LogP contribution in [0.3, 0.4) is 0 Å². The zero-order valence-corrected chi connectivity index (χ0v) is 25.2. The molecule has 0 bridgehead atoms. The number of ether oxygens (including phenoxy) is 1. The van der Waals surface area contributed by atoms with Gasteiger partial charge in [0.1, 0.15) is 24.7 Å². The zero-order chi connectivity index (χ0) is 29.9. The van der Waals surface area contributed by atoms with E-state index in [1.54, 1.807) is 25.2 Å². The lowest BCUT2D eigenvalue weighted by atomic mass is 10.1. The number of hydrogen-bond donors (Lipinski definition) is 1. The third-order valence-electron chi connectivity index (χ3n) is 7.97. The fourth-order valence-corrected chi connectivity index (χ4v) is 6.05. The Kier molecular flexibility index (Phi) is 8.75. The van der Waals surface area contributed by atoms with E-state index >= 15 is 0 Å². The van der Waals surface area contributed by atoms with Crippen molar-refractivity contribution in [3.05, 3.63) is 82.0 Å². The minimum atomic E-state index is -0.912. The van der Waals surface area contributed by atoms with Crippen molar-refractivity contribution in [1.29, 1.82) is 0 Å². The zero-order valence-electron chi connectivity index (χ0n) is 23.7. The van der Waals surface area contributed by atoms with Gasteiger partial charge in [0.2, 0.25) is 5.82 Å². The van der Waals surface area contributed by atoms with Crippen molar-refractivity contribution in [2.24, 2.45) is 4.99 Å². The van der Waals surface area contributed by atoms with Gasteiger partial charge >= 0.3 is 0 Å². The molecule has 1 N–H and O–H groups in total. The number of aliphatic imine (C=N–C) groups is 1. The normalized spacial score (nSPS) is 20.9. The molecule has 1 saturated heterocycles. The summed E-state index contributed by atoms with van der Waals surface area (Å²) < 4.78 is 7.46. The summed E-state index contributed by atoms with van der Waals surface area (Å²) in [6, 6.07) is 10.7. The van der Waals surface area contributed by atoms with E-state index in [2.05, 4.69) is 36.3 Å². The molecule has 1 fully saturated rings. The Morgan fingerprint density at radius 1 is 1.09 bits per heavy atom. The van der Waals surface area contributed by atoms with Gasteiger partial charge in [0, 0.05) is 80.3 Å². The fourth-order valence-electron chi connectivity index (χ4n) is 5.53. The molecule has 2 atom stereocenters. The van der Waals surface area contributed by atoms with Gasteiger partial charge in [-0.05, 0) is 35.9 Å². The highest BCUT2D eigenvalue weighted by Gasteiger charge is 2.32. The van der Waals surface area contributed by atoms with Crippen molar-refractivity contribution in [1.82, 2.24) is 29.9 Å². The molecule has 3 aliphatic heterocycles. The maximum Gasteiger partial charge on any atom is 0.291 e. The first kappa shape index (κ1) is 29.3. The van der Waals surface area contributed by atoms with E-state index in [1.807, 2.05) is 30.6 Å². The largest absolute Gasteiger partial charge is 0.489 e. The summed E-state index contributed by atoms with van der Waals surface area (Å²) in [6.07, 6.45) is 8.42. The second-order valence-corrected chi connectivity index (χ2v) is 11.6. The van der Waals surface area contributed by atoms with Gasteiger partial charge in [0.05, 0.1) is 12.2 Å². The molecular formula is C30H32Cl2N8O3. The molecule has 2 unspecified atom stereocenters. The predicted molar refractivity (Wildman–Crippen MR) is 165 cm³/mol. The number of aromatic nitrogens is 3. The van der Waals surface area contributed by atoms with Gasteiger partial charge < -0.3 is 15.0 Å². The average Bonchev–Trinajstić information content (AvgIpc) is 3.46. The predicted octanol–water partition coefficient (Wildman–Crippen LogP) is 3.26. The number of halogens is 2. The summed E-state index contributed by atoms with van der Waals surface area (Å²) in [5.74, 6) is -0.355. The summed E-state index contributed by atoms with van der Waals surface area (Å²) in [6.45, 7) is 4.93. The maximum atomic E-state index is 13.4. The van der Waals surface area contributed by atoms with Gasteiger partial charge in [0.15, 0.2) is 0 Å². The summed E-state index contributed by atoms with van der Waals surface area (Å²) in [5, 5.41) is 7.97. The van der Waals surface area contributed by atoms with E-state index in [4.69, 9.17) is 27.9 Å². The number of fused-ring (bicyclic) bond motifs is 1. The number of carbonyl (C=O) groups excluding carboxylic acids is 2. The minimum absolute atomic E-state index is 0.0144. The van der Waals surface area contributed by atoms with Crippen molar-refractivity contribution in [2.45, 2.75) is 31.6 Å². The molecule has 4 heterocycles. The number of anilines is 1. The van der Waals surface area contributed by atoms with Crippen LogP contribution in [0, 0.1) is 0 Å². The van der Waals surface area contributed by atoms with Crippen LogP contribution in [0.25, 0.3) is 0 Å². The second kappa shape index (κ2) is 12.8. The van der Waals surface area contributed by atoms with Crippen molar-refractivity contribution in [3.8, 4) is 5.75 Å². The molecule has 11 nitrogen and oxygen atoms in total. The molecule has 6 rings (SSSR count). The molecule has 3 aromatic rings. The standard InChI is InChI=1S/C30H32Cl2N8O3/c1-37-26-15-20(16-38-11-13-39(14-12-38)21-7-9-33-10-8-21)5-6-27(26)43-18-25(30(37)42)35-29(41)28-34-19-40(36-28)17-22-23(31)3-2-4-24(22)32/h2-7,9-10,15,19,21,25H,8,11-14,16-18H2,1H3,(H,35,41). The number of carbonyl (C=O) groups is 2. The molecule has 224 valence electrons. The number of rotatable bonds is 7. The quantitative estimate of drug-likeness (QED) is 0.431. The lowest BCUT2D eigenvalue weighted by molar-refractivity contribution is -0.120. The van der Waals surface area contributed by atoms with Crippen molar-refractivity contribution in [2.75, 3.05) is 44.7 Å². The Morgan fingerprint density at radius 2 is 1.88 bits per heavy atom. The molecular weight excluding hydrogens is 591 g/mol. The minimum Gasteiger partial charge on any atom is -0.489 e. The maximum absolute atomic E-state index is 13.4. The molecule has 0 aliphatic carbocycles. The topological polar surface area (TPSA) is 108 Å². The van der Waals surface area contributed by atoms with Gasteiger partial charge in [-0.15, -0.1) is 5.10 Å². The molecule has 2 aromatic carbocycles. The Balaban J connectivity index is 1.06.